The van der Waals surface area contributed by atoms with Crippen molar-refractivity contribution in [2.45, 2.75) is 12.8 Å². The molecular formula is C13H15Cl2NO2. The van der Waals surface area contributed by atoms with Crippen molar-refractivity contribution < 1.29 is 9.53 Å². The maximum Gasteiger partial charge on any atom is 0.252 e. The van der Waals surface area contributed by atoms with Gasteiger partial charge >= 0.3 is 0 Å². The van der Waals surface area contributed by atoms with Crippen molar-refractivity contribution in [2.75, 3.05) is 19.8 Å². The van der Waals surface area contributed by atoms with E-state index in [0.717, 1.165) is 19.4 Å². The monoisotopic (exact) mass is 287 g/mol. The van der Waals surface area contributed by atoms with E-state index >= 15 is 0 Å². The van der Waals surface area contributed by atoms with Gasteiger partial charge < -0.3 is 10.1 Å². The van der Waals surface area contributed by atoms with Crippen LogP contribution in [0.15, 0.2) is 18.2 Å². The molecule has 0 bridgehead atoms. The summed E-state index contributed by atoms with van der Waals surface area (Å²) in [5.74, 6) is 0.203. The molecule has 1 saturated heterocycles. The second kappa shape index (κ2) is 6.41. The molecule has 18 heavy (non-hydrogen) atoms. The number of hydrogen-bond donors (Lipinski definition) is 1. The molecule has 1 aliphatic heterocycles. The second-order valence-corrected chi connectivity index (χ2v) is 5.18. The minimum absolute atomic E-state index is 0.187. The van der Waals surface area contributed by atoms with E-state index in [1.54, 1.807) is 18.2 Å². The number of carbonyl (C=O) groups excluding carboxylic acids is 1. The first-order valence-corrected chi connectivity index (χ1v) is 6.74. The number of amides is 1. The normalized spacial score (nSPS) is 19.6. The Kier molecular flexibility index (Phi) is 4.87. The van der Waals surface area contributed by atoms with Gasteiger partial charge in [0.1, 0.15) is 0 Å². The maximum atomic E-state index is 12.0. The van der Waals surface area contributed by atoms with Crippen LogP contribution in [0.3, 0.4) is 0 Å². The molecule has 0 radical (unpaired) electrons. The van der Waals surface area contributed by atoms with Gasteiger partial charge in [0.15, 0.2) is 0 Å². The summed E-state index contributed by atoms with van der Waals surface area (Å²) >= 11 is 11.9. The predicted octanol–water partition coefficient (Wildman–Crippen LogP) is 3.15. The molecule has 1 aromatic rings. The van der Waals surface area contributed by atoms with Crippen LogP contribution in [0.4, 0.5) is 0 Å². The zero-order valence-corrected chi connectivity index (χ0v) is 11.4. The number of carbonyl (C=O) groups is 1. The third-order valence-corrected chi connectivity index (χ3v) is 3.82. The minimum atomic E-state index is -0.187. The molecule has 0 unspecified atom stereocenters. The highest BCUT2D eigenvalue weighted by Crippen LogP contribution is 2.25. The number of halogens is 2. The van der Waals surface area contributed by atoms with Crippen LogP contribution < -0.4 is 5.32 Å². The first-order valence-electron chi connectivity index (χ1n) is 5.98. The zero-order chi connectivity index (χ0) is 13.0. The van der Waals surface area contributed by atoms with Crippen molar-refractivity contribution in [1.82, 2.24) is 5.32 Å². The Morgan fingerprint density at radius 2 is 2.28 bits per heavy atom. The molecule has 1 amide bonds. The fourth-order valence-electron chi connectivity index (χ4n) is 1.98. The van der Waals surface area contributed by atoms with E-state index in [0.29, 0.717) is 34.7 Å². The minimum Gasteiger partial charge on any atom is -0.381 e. The SMILES string of the molecule is O=C(NC[C@H]1CCCOC1)c1cccc(Cl)c1Cl. The van der Waals surface area contributed by atoms with Crippen LogP contribution in [0.2, 0.25) is 10.0 Å². The molecule has 2 rings (SSSR count). The molecule has 1 fully saturated rings. The number of ether oxygens (including phenoxy) is 1. The van der Waals surface area contributed by atoms with Gasteiger partial charge in [0.2, 0.25) is 0 Å². The molecule has 98 valence electrons. The van der Waals surface area contributed by atoms with Crippen LogP contribution in [0.25, 0.3) is 0 Å². The van der Waals surface area contributed by atoms with Gasteiger partial charge in [0.25, 0.3) is 5.91 Å². The molecule has 3 nitrogen and oxygen atoms in total. The van der Waals surface area contributed by atoms with Crippen LogP contribution in [0.1, 0.15) is 23.2 Å². The van der Waals surface area contributed by atoms with E-state index in [1.807, 2.05) is 0 Å². The Bertz CT molecular complexity index is 431. The fourth-order valence-corrected chi connectivity index (χ4v) is 2.37. The summed E-state index contributed by atoms with van der Waals surface area (Å²) in [5, 5.41) is 3.57. The first-order chi connectivity index (χ1) is 8.68. The molecule has 1 heterocycles. The van der Waals surface area contributed by atoms with Crippen LogP contribution in [-0.2, 0) is 4.74 Å². The molecule has 1 aromatic carbocycles. The summed E-state index contributed by atoms with van der Waals surface area (Å²) in [6, 6.07) is 5.05. The lowest BCUT2D eigenvalue weighted by atomic mass is 10.0. The first kappa shape index (κ1) is 13.7. The third kappa shape index (κ3) is 3.37. The molecule has 0 saturated carbocycles. The van der Waals surface area contributed by atoms with Crippen molar-refractivity contribution in [1.29, 1.82) is 0 Å². The van der Waals surface area contributed by atoms with Gasteiger partial charge in [0, 0.05) is 13.2 Å². The van der Waals surface area contributed by atoms with Crippen molar-refractivity contribution in [3.63, 3.8) is 0 Å². The van der Waals surface area contributed by atoms with Crippen LogP contribution in [0.5, 0.6) is 0 Å². The average molecular weight is 288 g/mol. The molecule has 0 spiro atoms. The molecule has 1 atom stereocenters. The maximum absolute atomic E-state index is 12.0. The highest BCUT2D eigenvalue weighted by molar-refractivity contribution is 6.43. The summed E-state index contributed by atoms with van der Waals surface area (Å²) < 4.78 is 5.36. The highest BCUT2D eigenvalue weighted by Gasteiger charge is 2.17. The van der Waals surface area contributed by atoms with Gasteiger partial charge in [-0.15, -0.1) is 0 Å². The molecule has 0 aliphatic carbocycles. The van der Waals surface area contributed by atoms with E-state index < -0.39 is 0 Å². The van der Waals surface area contributed by atoms with Gasteiger partial charge in [0.05, 0.1) is 22.2 Å². The Morgan fingerprint density at radius 3 is 3.00 bits per heavy atom. The lowest BCUT2D eigenvalue weighted by Gasteiger charge is -2.22. The topological polar surface area (TPSA) is 38.3 Å². The molecule has 5 heteroatoms. The lowest BCUT2D eigenvalue weighted by Crippen LogP contribution is -2.33. The second-order valence-electron chi connectivity index (χ2n) is 4.39. The Labute approximate surface area is 116 Å². The van der Waals surface area contributed by atoms with Crippen LogP contribution in [0, 0.1) is 5.92 Å². The van der Waals surface area contributed by atoms with E-state index in [1.165, 1.54) is 0 Å². The predicted molar refractivity (Wildman–Crippen MR) is 72.3 cm³/mol. The fraction of sp³-hybridized carbons (Fsp3) is 0.462. The van der Waals surface area contributed by atoms with Gasteiger partial charge in [-0.2, -0.15) is 0 Å². The molecule has 0 aromatic heterocycles. The summed E-state index contributed by atoms with van der Waals surface area (Å²) in [6.45, 7) is 2.15. The number of benzene rings is 1. The average Bonchev–Trinajstić information content (AvgIpc) is 2.40. The van der Waals surface area contributed by atoms with E-state index in [2.05, 4.69) is 5.32 Å². The zero-order valence-electron chi connectivity index (χ0n) is 9.92. The van der Waals surface area contributed by atoms with E-state index in [-0.39, 0.29) is 5.91 Å². The molecule has 1 N–H and O–H groups in total. The Morgan fingerprint density at radius 1 is 1.44 bits per heavy atom. The van der Waals surface area contributed by atoms with Crippen molar-refractivity contribution in [3.8, 4) is 0 Å². The van der Waals surface area contributed by atoms with Crippen molar-refractivity contribution in [2.24, 2.45) is 5.92 Å². The van der Waals surface area contributed by atoms with Gasteiger partial charge in [-0.05, 0) is 30.9 Å². The summed E-state index contributed by atoms with van der Waals surface area (Å²) in [7, 11) is 0. The van der Waals surface area contributed by atoms with Gasteiger partial charge in [-0.3, -0.25) is 4.79 Å². The number of hydrogen-bond acceptors (Lipinski definition) is 2. The third-order valence-electron chi connectivity index (χ3n) is 3.00. The lowest BCUT2D eigenvalue weighted by molar-refractivity contribution is 0.0536. The Balaban J connectivity index is 1.93. The van der Waals surface area contributed by atoms with Crippen LogP contribution in [-0.4, -0.2) is 25.7 Å². The summed E-state index contributed by atoms with van der Waals surface area (Å²) in [5.41, 5.74) is 0.417. The smallest absolute Gasteiger partial charge is 0.252 e. The molecule has 1 aliphatic rings. The highest BCUT2D eigenvalue weighted by atomic mass is 35.5. The summed E-state index contributed by atoms with van der Waals surface area (Å²) in [6.07, 6.45) is 2.14. The van der Waals surface area contributed by atoms with Crippen molar-refractivity contribution >= 4 is 29.1 Å². The Hall–Kier alpha value is -0.770. The standard InChI is InChI=1S/C13H15Cl2NO2/c14-11-5-1-4-10(12(11)15)13(17)16-7-9-3-2-6-18-8-9/h1,4-5,9H,2-3,6-8H2,(H,16,17)/t9-/m1/s1. The number of nitrogens with one attached hydrogen (secondary N) is 1. The summed E-state index contributed by atoms with van der Waals surface area (Å²) in [4.78, 5) is 12.0. The van der Waals surface area contributed by atoms with E-state index in [9.17, 15) is 4.79 Å². The number of rotatable bonds is 3. The van der Waals surface area contributed by atoms with Gasteiger partial charge in [-0.1, -0.05) is 29.3 Å². The van der Waals surface area contributed by atoms with E-state index in [4.69, 9.17) is 27.9 Å². The largest absolute Gasteiger partial charge is 0.381 e. The quantitative estimate of drug-likeness (QED) is 0.928. The molecular weight excluding hydrogens is 273 g/mol. The van der Waals surface area contributed by atoms with Gasteiger partial charge in [-0.25, -0.2) is 0 Å². The van der Waals surface area contributed by atoms with Crippen molar-refractivity contribution in [3.05, 3.63) is 33.8 Å². The van der Waals surface area contributed by atoms with Crippen LogP contribution >= 0.6 is 23.2 Å².